The molecule has 1 aromatic carbocycles. The predicted molar refractivity (Wildman–Crippen MR) is 78.2 cm³/mol. The van der Waals surface area contributed by atoms with Crippen LogP contribution in [-0.2, 0) is 0 Å². The molecule has 1 aliphatic rings. The molecule has 1 fully saturated rings. The lowest BCUT2D eigenvalue weighted by atomic mass is 10.1. The second-order valence-corrected chi connectivity index (χ2v) is 5.04. The molecule has 0 bridgehead atoms. The van der Waals surface area contributed by atoms with Gasteiger partial charge in [-0.1, -0.05) is 12.1 Å². The standard InChI is InChI=1S/C15H16N4O2/c1-10-3-2-4-12-13(10)11(9-16)14(18-12)21-15(20)19-7-5-17-6-8-19/h2-4,17-18H,5-8H2,1H3. The van der Waals surface area contributed by atoms with Gasteiger partial charge >= 0.3 is 6.09 Å². The molecule has 1 aliphatic heterocycles. The Morgan fingerprint density at radius 2 is 2.14 bits per heavy atom. The summed E-state index contributed by atoms with van der Waals surface area (Å²) in [5.74, 6) is 0.227. The lowest BCUT2D eigenvalue weighted by Gasteiger charge is -2.26. The number of fused-ring (bicyclic) bond motifs is 1. The molecular formula is C15H16N4O2. The van der Waals surface area contributed by atoms with Gasteiger partial charge in [0.05, 0.1) is 0 Å². The van der Waals surface area contributed by atoms with Crippen molar-refractivity contribution in [2.45, 2.75) is 6.92 Å². The maximum atomic E-state index is 12.1. The van der Waals surface area contributed by atoms with Gasteiger partial charge in [0, 0.05) is 37.1 Å². The molecule has 6 nitrogen and oxygen atoms in total. The number of aromatic amines is 1. The van der Waals surface area contributed by atoms with Crippen LogP contribution in [0.15, 0.2) is 18.2 Å². The summed E-state index contributed by atoms with van der Waals surface area (Å²) >= 11 is 0. The number of hydrogen-bond acceptors (Lipinski definition) is 4. The Balaban J connectivity index is 1.92. The number of nitrogens with zero attached hydrogens (tertiary/aromatic N) is 2. The van der Waals surface area contributed by atoms with Gasteiger partial charge in [0.1, 0.15) is 11.6 Å². The number of carbonyl (C=O) groups excluding carboxylic acids is 1. The molecule has 0 radical (unpaired) electrons. The Hall–Kier alpha value is -2.52. The summed E-state index contributed by atoms with van der Waals surface area (Å²) in [6.07, 6.45) is -0.419. The van der Waals surface area contributed by atoms with Crippen molar-refractivity contribution in [3.05, 3.63) is 29.3 Å². The maximum Gasteiger partial charge on any atom is 0.416 e. The van der Waals surface area contributed by atoms with Crippen LogP contribution in [-0.4, -0.2) is 42.2 Å². The minimum Gasteiger partial charge on any atom is -0.392 e. The quantitative estimate of drug-likeness (QED) is 0.836. The number of aromatic nitrogens is 1. The molecule has 3 rings (SSSR count). The number of H-pyrrole nitrogens is 1. The van der Waals surface area contributed by atoms with Gasteiger partial charge in [-0.3, -0.25) is 0 Å². The number of aryl methyl sites for hydroxylation is 1. The third-order valence-corrected chi connectivity index (χ3v) is 3.67. The van der Waals surface area contributed by atoms with E-state index in [1.54, 1.807) is 4.90 Å². The maximum absolute atomic E-state index is 12.1. The Kier molecular flexibility index (Phi) is 3.50. The number of piperazine rings is 1. The first-order valence-electron chi connectivity index (χ1n) is 6.89. The van der Waals surface area contributed by atoms with Gasteiger partial charge in [0.15, 0.2) is 0 Å². The molecule has 21 heavy (non-hydrogen) atoms. The van der Waals surface area contributed by atoms with E-state index in [-0.39, 0.29) is 5.88 Å². The first-order valence-corrected chi connectivity index (χ1v) is 6.89. The highest BCUT2D eigenvalue weighted by Crippen LogP contribution is 2.30. The predicted octanol–water partition coefficient (Wildman–Crippen LogP) is 1.75. The number of nitriles is 1. The minimum absolute atomic E-state index is 0.227. The third kappa shape index (κ3) is 2.43. The van der Waals surface area contributed by atoms with Crippen LogP contribution in [0, 0.1) is 18.3 Å². The zero-order valence-electron chi connectivity index (χ0n) is 11.8. The van der Waals surface area contributed by atoms with E-state index in [0.717, 1.165) is 29.6 Å². The van der Waals surface area contributed by atoms with Gasteiger partial charge in [-0.15, -0.1) is 0 Å². The van der Waals surface area contributed by atoms with Crippen molar-refractivity contribution in [3.8, 4) is 11.9 Å². The molecule has 0 aliphatic carbocycles. The Morgan fingerprint density at radius 1 is 1.38 bits per heavy atom. The molecule has 2 N–H and O–H groups in total. The summed E-state index contributed by atoms with van der Waals surface area (Å²) < 4.78 is 5.40. The van der Waals surface area contributed by atoms with E-state index in [1.807, 2.05) is 25.1 Å². The van der Waals surface area contributed by atoms with Gasteiger partial charge in [0.25, 0.3) is 0 Å². The van der Waals surface area contributed by atoms with E-state index in [4.69, 9.17) is 4.74 Å². The second kappa shape index (κ2) is 5.46. The molecule has 2 heterocycles. The molecule has 0 saturated carbocycles. The van der Waals surface area contributed by atoms with Crippen LogP contribution < -0.4 is 10.1 Å². The molecular weight excluding hydrogens is 268 g/mol. The third-order valence-electron chi connectivity index (χ3n) is 3.67. The zero-order chi connectivity index (χ0) is 14.8. The number of carbonyl (C=O) groups is 1. The van der Waals surface area contributed by atoms with Crippen LogP contribution in [0.2, 0.25) is 0 Å². The average Bonchev–Trinajstić information content (AvgIpc) is 2.86. The summed E-state index contributed by atoms with van der Waals surface area (Å²) in [6, 6.07) is 7.82. The molecule has 1 amide bonds. The molecule has 0 unspecified atom stereocenters. The Bertz CT molecular complexity index is 723. The lowest BCUT2D eigenvalue weighted by molar-refractivity contribution is 0.144. The molecule has 1 saturated heterocycles. The van der Waals surface area contributed by atoms with Crippen molar-refractivity contribution in [1.29, 1.82) is 5.26 Å². The molecule has 2 aromatic rings. The van der Waals surface area contributed by atoms with Crippen molar-refractivity contribution < 1.29 is 9.53 Å². The number of rotatable bonds is 1. The number of amides is 1. The van der Waals surface area contributed by atoms with E-state index in [1.165, 1.54) is 0 Å². The van der Waals surface area contributed by atoms with Crippen LogP contribution >= 0.6 is 0 Å². The molecule has 108 valence electrons. The topological polar surface area (TPSA) is 81.2 Å². The van der Waals surface area contributed by atoms with Crippen molar-refractivity contribution in [1.82, 2.24) is 15.2 Å². The van der Waals surface area contributed by atoms with Crippen molar-refractivity contribution in [2.24, 2.45) is 0 Å². The first-order chi connectivity index (χ1) is 10.2. The normalized spacial score (nSPS) is 15.0. The number of hydrogen-bond donors (Lipinski definition) is 2. The van der Waals surface area contributed by atoms with Gasteiger partial charge < -0.3 is 19.9 Å². The van der Waals surface area contributed by atoms with Crippen LogP contribution in [0.25, 0.3) is 10.9 Å². The first kappa shape index (κ1) is 13.5. The fourth-order valence-electron chi connectivity index (χ4n) is 2.58. The molecule has 6 heteroatoms. The number of nitrogens with one attached hydrogen (secondary N) is 2. The van der Waals surface area contributed by atoms with Crippen LogP contribution in [0.3, 0.4) is 0 Å². The molecule has 1 aromatic heterocycles. The van der Waals surface area contributed by atoms with Crippen LogP contribution in [0.1, 0.15) is 11.1 Å². The van der Waals surface area contributed by atoms with E-state index < -0.39 is 6.09 Å². The number of ether oxygens (including phenoxy) is 1. The molecule has 0 atom stereocenters. The van der Waals surface area contributed by atoms with Gasteiger partial charge in [-0.05, 0) is 18.6 Å². The highest BCUT2D eigenvalue weighted by atomic mass is 16.6. The fourth-order valence-corrected chi connectivity index (χ4v) is 2.58. The van der Waals surface area contributed by atoms with Crippen molar-refractivity contribution in [3.63, 3.8) is 0 Å². The summed E-state index contributed by atoms with van der Waals surface area (Å²) in [6.45, 7) is 4.66. The van der Waals surface area contributed by atoms with Crippen LogP contribution in [0.5, 0.6) is 5.88 Å². The Morgan fingerprint density at radius 3 is 2.86 bits per heavy atom. The van der Waals surface area contributed by atoms with Crippen molar-refractivity contribution in [2.75, 3.05) is 26.2 Å². The van der Waals surface area contributed by atoms with Gasteiger partial charge in [-0.25, -0.2) is 4.79 Å². The van der Waals surface area contributed by atoms with E-state index >= 15 is 0 Å². The van der Waals surface area contributed by atoms with E-state index in [2.05, 4.69) is 16.4 Å². The van der Waals surface area contributed by atoms with Crippen LogP contribution in [0.4, 0.5) is 4.79 Å². The smallest absolute Gasteiger partial charge is 0.392 e. The monoisotopic (exact) mass is 284 g/mol. The summed E-state index contributed by atoms with van der Waals surface area (Å²) in [5.41, 5.74) is 2.16. The lowest BCUT2D eigenvalue weighted by Crippen LogP contribution is -2.47. The minimum atomic E-state index is -0.419. The zero-order valence-corrected chi connectivity index (χ0v) is 11.8. The molecule has 0 spiro atoms. The van der Waals surface area contributed by atoms with E-state index in [9.17, 15) is 10.1 Å². The van der Waals surface area contributed by atoms with Gasteiger partial charge in [-0.2, -0.15) is 5.26 Å². The highest BCUT2D eigenvalue weighted by Gasteiger charge is 2.22. The van der Waals surface area contributed by atoms with Crippen molar-refractivity contribution >= 4 is 17.0 Å². The average molecular weight is 284 g/mol. The SMILES string of the molecule is Cc1cccc2[nH]c(OC(=O)N3CCNCC3)c(C#N)c12. The summed E-state index contributed by atoms with van der Waals surface area (Å²) in [4.78, 5) is 16.8. The summed E-state index contributed by atoms with van der Waals surface area (Å²) in [7, 11) is 0. The highest BCUT2D eigenvalue weighted by molar-refractivity contribution is 5.92. The second-order valence-electron chi connectivity index (χ2n) is 5.04. The van der Waals surface area contributed by atoms with Gasteiger partial charge in [0.2, 0.25) is 5.88 Å². The Labute approximate surface area is 122 Å². The fraction of sp³-hybridized carbons (Fsp3) is 0.333. The largest absolute Gasteiger partial charge is 0.416 e. The van der Waals surface area contributed by atoms with E-state index in [0.29, 0.717) is 18.7 Å². The number of benzene rings is 1. The summed E-state index contributed by atoms with van der Waals surface area (Å²) in [5, 5.41) is 13.4.